The molecule has 0 saturated carbocycles. The number of hydrogen-bond donors (Lipinski definition) is 2. The SMILES string of the molecule is CC(N)Cc1c[nH]c2ccccc12.[CH2-]CCCOCCOCCBr.[CH3-].[Y]. The summed E-state index contributed by atoms with van der Waals surface area (Å²) in [5.74, 6) is 0. The summed E-state index contributed by atoms with van der Waals surface area (Å²) >= 11 is 3.27. The molecule has 0 aliphatic rings. The predicted molar refractivity (Wildman–Crippen MR) is 112 cm³/mol. The molecule has 0 spiro atoms. The van der Waals surface area contributed by atoms with Crippen molar-refractivity contribution in [1.82, 2.24) is 4.98 Å². The van der Waals surface area contributed by atoms with Crippen molar-refractivity contribution in [3.8, 4) is 0 Å². The topological polar surface area (TPSA) is 60.3 Å². The van der Waals surface area contributed by atoms with Gasteiger partial charge < -0.3 is 34.5 Å². The van der Waals surface area contributed by atoms with Gasteiger partial charge in [0, 0.05) is 67.8 Å². The van der Waals surface area contributed by atoms with E-state index in [0.717, 1.165) is 37.8 Å². The first-order valence-electron chi connectivity index (χ1n) is 8.50. The quantitative estimate of drug-likeness (QED) is 0.285. The number of aromatic nitrogens is 1. The van der Waals surface area contributed by atoms with Crippen LogP contribution < -0.4 is 5.73 Å². The molecule has 1 radical (unpaired) electrons. The summed E-state index contributed by atoms with van der Waals surface area (Å²) in [5.41, 5.74) is 8.26. The molecule has 2 rings (SSSR count). The fraction of sp³-hybridized carbons (Fsp3) is 0.500. The molecule has 1 unspecified atom stereocenters. The number of unbranched alkanes of at least 4 members (excludes halogenated alkanes) is 1. The Morgan fingerprint density at radius 3 is 2.42 bits per heavy atom. The molecule has 6 heteroatoms. The Bertz CT molecular complexity index is 541. The Hall–Kier alpha value is 0.224. The second-order valence-corrected chi connectivity index (χ2v) is 6.45. The zero-order valence-corrected chi connectivity index (χ0v) is 20.6. The van der Waals surface area contributed by atoms with Gasteiger partial charge in [-0.25, -0.2) is 0 Å². The van der Waals surface area contributed by atoms with E-state index in [1.165, 1.54) is 16.5 Å². The largest absolute Gasteiger partial charge is 0.379 e. The number of nitrogens with two attached hydrogens (primary N) is 1. The van der Waals surface area contributed by atoms with Crippen molar-refractivity contribution in [3.05, 3.63) is 50.4 Å². The average molecular weight is 502 g/mol. The molecule has 0 amide bonds. The van der Waals surface area contributed by atoms with Crippen molar-refractivity contribution < 1.29 is 42.2 Å². The van der Waals surface area contributed by atoms with Crippen LogP contribution in [0.3, 0.4) is 0 Å². The van der Waals surface area contributed by atoms with E-state index < -0.39 is 0 Å². The molecule has 1 heterocycles. The number of rotatable bonds is 10. The number of hydrogen-bond acceptors (Lipinski definition) is 3. The Kier molecular flexibility index (Phi) is 20.3. The number of H-pyrrole nitrogens is 1. The smallest absolute Gasteiger partial charge is 0.0700 e. The van der Waals surface area contributed by atoms with Gasteiger partial charge in [0.15, 0.2) is 0 Å². The Labute approximate surface area is 193 Å². The fourth-order valence-corrected chi connectivity index (χ4v) is 2.46. The van der Waals surface area contributed by atoms with E-state index in [-0.39, 0.29) is 46.2 Å². The number of aromatic amines is 1. The molecule has 3 N–H and O–H groups in total. The number of ether oxygens (including phenoxy) is 2. The molecule has 1 aromatic heterocycles. The molecule has 0 fully saturated rings. The van der Waals surface area contributed by atoms with Gasteiger partial charge in [-0.1, -0.05) is 40.5 Å². The monoisotopic (exact) mass is 501 g/mol. The minimum atomic E-state index is 0. The molecule has 26 heavy (non-hydrogen) atoms. The third-order valence-corrected chi connectivity index (χ3v) is 3.67. The zero-order chi connectivity index (χ0) is 17.6. The number of alkyl halides is 1. The molecular formula is C20H33BrN2O2Y-2. The van der Waals surface area contributed by atoms with Crippen molar-refractivity contribution in [1.29, 1.82) is 0 Å². The van der Waals surface area contributed by atoms with Gasteiger partial charge >= 0.3 is 0 Å². The molecule has 0 aliphatic heterocycles. The van der Waals surface area contributed by atoms with Crippen LogP contribution in [-0.2, 0) is 48.6 Å². The zero-order valence-electron chi connectivity index (χ0n) is 16.2. The first-order valence-corrected chi connectivity index (χ1v) is 9.62. The first-order chi connectivity index (χ1) is 11.7. The normalized spacial score (nSPS) is 11.1. The van der Waals surface area contributed by atoms with Crippen LogP contribution in [0.1, 0.15) is 25.3 Å². The number of para-hydroxylation sites is 1. The van der Waals surface area contributed by atoms with E-state index in [0.29, 0.717) is 13.2 Å². The van der Waals surface area contributed by atoms with Gasteiger partial charge in [0.05, 0.1) is 19.8 Å². The van der Waals surface area contributed by atoms with Gasteiger partial charge in [0.2, 0.25) is 0 Å². The third-order valence-electron chi connectivity index (χ3n) is 3.35. The van der Waals surface area contributed by atoms with Crippen LogP contribution >= 0.6 is 15.9 Å². The van der Waals surface area contributed by atoms with Gasteiger partial charge in [-0.05, 0) is 25.0 Å². The molecule has 1 atom stereocenters. The summed E-state index contributed by atoms with van der Waals surface area (Å²) in [6.07, 6.45) is 4.97. The maximum absolute atomic E-state index is 5.76. The van der Waals surface area contributed by atoms with Crippen molar-refractivity contribution in [2.45, 2.75) is 32.2 Å². The molecule has 0 aliphatic carbocycles. The van der Waals surface area contributed by atoms with Gasteiger partial charge in [-0.3, -0.25) is 0 Å². The van der Waals surface area contributed by atoms with Gasteiger partial charge in [-0.2, -0.15) is 6.42 Å². The molecule has 1 aromatic carbocycles. The second-order valence-electron chi connectivity index (χ2n) is 5.66. The van der Waals surface area contributed by atoms with E-state index >= 15 is 0 Å². The predicted octanol–water partition coefficient (Wildman–Crippen LogP) is 4.53. The van der Waals surface area contributed by atoms with E-state index in [9.17, 15) is 0 Å². The standard InChI is InChI=1S/C11H14N2.C8H16BrO2.CH3.Y/c1-8(12)6-9-7-13-11-5-3-2-4-10(9)11;1-2-3-5-10-7-8-11-6-4-9;;/h2-5,7-8,13H,6,12H2,1H3;1-8H2;1H3;/q;2*-1;. The molecule has 147 valence electrons. The van der Waals surface area contributed by atoms with Crippen LogP contribution in [0.15, 0.2) is 30.5 Å². The van der Waals surface area contributed by atoms with Crippen LogP contribution in [0.5, 0.6) is 0 Å². The summed E-state index contributed by atoms with van der Waals surface area (Å²) in [6, 6.07) is 8.53. The van der Waals surface area contributed by atoms with E-state index in [1.807, 2.05) is 19.2 Å². The van der Waals surface area contributed by atoms with Crippen LogP contribution in [0, 0.1) is 14.4 Å². The third kappa shape index (κ3) is 12.6. The maximum atomic E-state index is 5.76. The van der Waals surface area contributed by atoms with Gasteiger partial charge in [0.1, 0.15) is 0 Å². The van der Waals surface area contributed by atoms with Crippen molar-refractivity contribution in [3.63, 3.8) is 0 Å². The Balaban J connectivity index is 0. The summed E-state index contributed by atoms with van der Waals surface area (Å²) < 4.78 is 10.4. The van der Waals surface area contributed by atoms with E-state index in [4.69, 9.17) is 15.2 Å². The van der Waals surface area contributed by atoms with E-state index in [2.05, 4.69) is 46.0 Å². The van der Waals surface area contributed by atoms with E-state index in [1.54, 1.807) is 0 Å². The first kappa shape index (κ1) is 28.4. The molecule has 0 saturated heterocycles. The minimum absolute atomic E-state index is 0. The summed E-state index contributed by atoms with van der Waals surface area (Å²) in [6.45, 7) is 8.71. The van der Waals surface area contributed by atoms with Crippen molar-refractivity contribution in [2.24, 2.45) is 5.73 Å². The summed E-state index contributed by atoms with van der Waals surface area (Å²) in [5, 5.41) is 2.19. The molecular weight excluding hydrogens is 469 g/mol. The molecule has 4 nitrogen and oxygen atoms in total. The van der Waals surface area contributed by atoms with Gasteiger partial charge in [-0.15, -0.1) is 0 Å². The number of halogens is 1. The van der Waals surface area contributed by atoms with Gasteiger partial charge in [0.25, 0.3) is 0 Å². The van der Waals surface area contributed by atoms with Crippen LogP contribution in [0.25, 0.3) is 10.9 Å². The summed E-state index contributed by atoms with van der Waals surface area (Å²) in [7, 11) is 0. The Morgan fingerprint density at radius 2 is 1.81 bits per heavy atom. The molecule has 0 bridgehead atoms. The van der Waals surface area contributed by atoms with Crippen LogP contribution in [0.2, 0.25) is 0 Å². The van der Waals surface area contributed by atoms with Crippen molar-refractivity contribution >= 4 is 26.8 Å². The maximum Gasteiger partial charge on any atom is 0.0700 e. The molecule has 2 aromatic rings. The van der Waals surface area contributed by atoms with Crippen LogP contribution in [-0.4, -0.2) is 42.8 Å². The number of fused-ring (bicyclic) bond motifs is 1. The second kappa shape index (κ2) is 18.6. The minimum Gasteiger partial charge on any atom is -0.379 e. The number of benzene rings is 1. The van der Waals surface area contributed by atoms with Crippen molar-refractivity contribution in [2.75, 3.05) is 31.8 Å². The fourth-order valence-electron chi connectivity index (χ4n) is 2.23. The number of nitrogens with one attached hydrogen (secondary N) is 1. The van der Waals surface area contributed by atoms with Crippen LogP contribution in [0.4, 0.5) is 0 Å². The summed E-state index contributed by atoms with van der Waals surface area (Å²) in [4.78, 5) is 3.24. The average Bonchev–Trinajstić information content (AvgIpc) is 2.97. The Morgan fingerprint density at radius 1 is 1.15 bits per heavy atom.